The number of halogens is 1. The molecule has 0 amide bonds. The van der Waals surface area contributed by atoms with Crippen molar-refractivity contribution in [2.45, 2.75) is 38.6 Å². The van der Waals surface area contributed by atoms with Gasteiger partial charge in [0.15, 0.2) is 5.96 Å². The zero-order chi connectivity index (χ0) is 16.5. The molecular formula is C16H27IN6S. The molecule has 2 heterocycles. The second-order valence-corrected chi connectivity index (χ2v) is 7.07. The van der Waals surface area contributed by atoms with Crippen LogP contribution in [0.5, 0.6) is 0 Å². The number of unbranched alkanes of at least 4 members (excludes halogenated alkanes) is 1. The lowest BCUT2D eigenvalue weighted by Gasteiger charge is -2.25. The number of aliphatic imine (C=N–C) groups is 1. The van der Waals surface area contributed by atoms with Gasteiger partial charge in [-0.25, -0.2) is 0 Å². The number of nitrogens with zero attached hydrogens (tertiary/aromatic N) is 4. The summed E-state index contributed by atoms with van der Waals surface area (Å²) in [5.74, 6) is 0.860. The van der Waals surface area contributed by atoms with Gasteiger partial charge < -0.3 is 15.2 Å². The lowest BCUT2D eigenvalue weighted by Crippen LogP contribution is -2.43. The smallest absolute Gasteiger partial charge is 0.191 e. The molecule has 0 bridgehead atoms. The predicted molar refractivity (Wildman–Crippen MR) is 111 cm³/mol. The molecule has 0 unspecified atom stereocenters. The Labute approximate surface area is 165 Å². The standard InChI is InChI=1S/C16H26N6S.HI/c1-16(2,14-7-6-10-23-14)11-19-15(17-3)18-8-4-5-9-22-12-20-21-13-22;/h6-7,10,12-13H,4-5,8-9,11H2,1-3H3,(H2,17,18,19);1H. The van der Waals surface area contributed by atoms with E-state index in [0.717, 1.165) is 38.4 Å². The Morgan fingerprint density at radius 1 is 1.25 bits per heavy atom. The lowest BCUT2D eigenvalue weighted by atomic mass is 9.91. The molecule has 2 rings (SSSR count). The third kappa shape index (κ3) is 6.76. The first-order chi connectivity index (χ1) is 11.1. The summed E-state index contributed by atoms with van der Waals surface area (Å²) in [5, 5.41) is 16.5. The van der Waals surface area contributed by atoms with Crippen LogP contribution in [0.15, 0.2) is 35.2 Å². The Bertz CT molecular complexity index is 580. The van der Waals surface area contributed by atoms with E-state index in [2.05, 4.69) is 57.2 Å². The van der Waals surface area contributed by atoms with Crippen molar-refractivity contribution >= 4 is 41.3 Å². The Kier molecular flexibility index (Phi) is 9.27. The van der Waals surface area contributed by atoms with Crippen LogP contribution in [-0.4, -0.2) is 40.9 Å². The molecule has 8 heteroatoms. The number of rotatable bonds is 8. The predicted octanol–water partition coefficient (Wildman–Crippen LogP) is 2.88. The molecule has 0 aliphatic rings. The highest BCUT2D eigenvalue weighted by atomic mass is 127. The minimum atomic E-state index is 0. The Morgan fingerprint density at radius 2 is 2.00 bits per heavy atom. The van der Waals surface area contributed by atoms with Gasteiger partial charge in [0, 0.05) is 37.0 Å². The van der Waals surface area contributed by atoms with Gasteiger partial charge in [-0.1, -0.05) is 19.9 Å². The highest BCUT2D eigenvalue weighted by Gasteiger charge is 2.21. The summed E-state index contributed by atoms with van der Waals surface area (Å²) in [6, 6.07) is 4.29. The van der Waals surface area contributed by atoms with Crippen LogP contribution in [0.25, 0.3) is 0 Å². The summed E-state index contributed by atoms with van der Waals surface area (Å²) in [4.78, 5) is 5.68. The molecule has 0 saturated heterocycles. The molecule has 0 aliphatic carbocycles. The average Bonchev–Trinajstić information content (AvgIpc) is 3.23. The second kappa shape index (κ2) is 10.7. The molecule has 0 saturated carbocycles. The topological polar surface area (TPSA) is 67.1 Å². The fraction of sp³-hybridized carbons (Fsp3) is 0.562. The fourth-order valence-corrected chi connectivity index (χ4v) is 3.09. The van der Waals surface area contributed by atoms with Crippen molar-refractivity contribution in [3.05, 3.63) is 35.0 Å². The van der Waals surface area contributed by atoms with Gasteiger partial charge in [0.25, 0.3) is 0 Å². The van der Waals surface area contributed by atoms with Gasteiger partial charge in [-0.3, -0.25) is 4.99 Å². The molecule has 134 valence electrons. The SMILES string of the molecule is CN=C(NCCCCn1cnnc1)NCC(C)(C)c1cccs1.I. The lowest BCUT2D eigenvalue weighted by molar-refractivity contribution is 0.517. The number of guanidine groups is 1. The van der Waals surface area contributed by atoms with Crippen LogP contribution in [-0.2, 0) is 12.0 Å². The Balaban J connectivity index is 0.00000288. The zero-order valence-electron chi connectivity index (χ0n) is 14.5. The van der Waals surface area contributed by atoms with Crippen LogP contribution in [0.4, 0.5) is 0 Å². The number of aromatic nitrogens is 3. The van der Waals surface area contributed by atoms with Gasteiger partial charge in [0.05, 0.1) is 0 Å². The van der Waals surface area contributed by atoms with Crippen molar-refractivity contribution in [2.24, 2.45) is 4.99 Å². The molecule has 0 aliphatic heterocycles. The average molecular weight is 462 g/mol. The molecule has 0 aromatic carbocycles. The van der Waals surface area contributed by atoms with Gasteiger partial charge in [0.1, 0.15) is 12.7 Å². The van der Waals surface area contributed by atoms with Crippen molar-refractivity contribution in [2.75, 3.05) is 20.1 Å². The summed E-state index contributed by atoms with van der Waals surface area (Å²) in [6.45, 7) is 7.21. The van der Waals surface area contributed by atoms with E-state index in [1.54, 1.807) is 24.0 Å². The highest BCUT2D eigenvalue weighted by Crippen LogP contribution is 2.26. The minimum Gasteiger partial charge on any atom is -0.356 e. The van der Waals surface area contributed by atoms with E-state index in [1.807, 2.05) is 11.6 Å². The molecule has 2 aromatic rings. The number of nitrogens with one attached hydrogen (secondary N) is 2. The van der Waals surface area contributed by atoms with Crippen molar-refractivity contribution in [3.63, 3.8) is 0 Å². The number of thiophene rings is 1. The number of aryl methyl sites for hydroxylation is 1. The van der Waals surface area contributed by atoms with Gasteiger partial charge in [-0.05, 0) is 24.3 Å². The zero-order valence-corrected chi connectivity index (χ0v) is 17.7. The monoisotopic (exact) mass is 462 g/mol. The van der Waals surface area contributed by atoms with E-state index in [1.165, 1.54) is 4.88 Å². The summed E-state index contributed by atoms with van der Waals surface area (Å²) in [7, 11) is 1.81. The van der Waals surface area contributed by atoms with Crippen molar-refractivity contribution in [1.82, 2.24) is 25.4 Å². The fourth-order valence-electron chi connectivity index (χ4n) is 2.24. The quantitative estimate of drug-likeness (QED) is 0.274. The summed E-state index contributed by atoms with van der Waals surface area (Å²) in [5.41, 5.74) is 0.0974. The maximum Gasteiger partial charge on any atom is 0.191 e. The normalized spacial score (nSPS) is 11.9. The first-order valence-corrected chi connectivity index (χ1v) is 8.81. The molecule has 2 aromatic heterocycles. The van der Waals surface area contributed by atoms with Crippen LogP contribution in [0.1, 0.15) is 31.6 Å². The van der Waals surface area contributed by atoms with Crippen molar-refractivity contribution < 1.29 is 0 Å². The van der Waals surface area contributed by atoms with Crippen LogP contribution >= 0.6 is 35.3 Å². The minimum absolute atomic E-state index is 0. The number of hydrogen-bond acceptors (Lipinski definition) is 4. The first-order valence-electron chi connectivity index (χ1n) is 7.93. The molecule has 0 spiro atoms. The molecule has 24 heavy (non-hydrogen) atoms. The van der Waals surface area contributed by atoms with Crippen molar-refractivity contribution in [1.29, 1.82) is 0 Å². The van der Waals surface area contributed by atoms with Gasteiger partial charge in [0.2, 0.25) is 0 Å². The summed E-state index contributed by atoms with van der Waals surface area (Å²) in [6.07, 6.45) is 5.66. The van der Waals surface area contributed by atoms with Gasteiger partial charge in [-0.2, -0.15) is 0 Å². The maximum absolute atomic E-state index is 4.29. The highest BCUT2D eigenvalue weighted by molar-refractivity contribution is 14.0. The Hall–Kier alpha value is -1.16. The van der Waals surface area contributed by atoms with Crippen LogP contribution in [0.3, 0.4) is 0 Å². The largest absolute Gasteiger partial charge is 0.356 e. The molecule has 2 N–H and O–H groups in total. The molecule has 6 nitrogen and oxygen atoms in total. The van der Waals surface area contributed by atoms with Crippen LogP contribution in [0.2, 0.25) is 0 Å². The maximum atomic E-state index is 4.29. The van der Waals surface area contributed by atoms with Crippen LogP contribution < -0.4 is 10.6 Å². The van der Waals surface area contributed by atoms with Crippen molar-refractivity contribution in [3.8, 4) is 0 Å². The van der Waals surface area contributed by atoms with Gasteiger partial charge >= 0.3 is 0 Å². The van der Waals surface area contributed by atoms with E-state index in [-0.39, 0.29) is 29.4 Å². The van der Waals surface area contributed by atoms with E-state index < -0.39 is 0 Å². The molecular weight excluding hydrogens is 435 g/mol. The van der Waals surface area contributed by atoms with Gasteiger partial charge in [-0.15, -0.1) is 45.5 Å². The van der Waals surface area contributed by atoms with E-state index in [4.69, 9.17) is 0 Å². The molecule has 0 radical (unpaired) electrons. The summed E-state index contributed by atoms with van der Waals surface area (Å²) >= 11 is 1.80. The Morgan fingerprint density at radius 3 is 2.62 bits per heavy atom. The first kappa shape index (κ1) is 20.9. The van der Waals surface area contributed by atoms with E-state index in [0.29, 0.717) is 0 Å². The number of hydrogen-bond donors (Lipinski definition) is 2. The second-order valence-electron chi connectivity index (χ2n) is 6.12. The third-order valence-corrected chi connectivity index (χ3v) is 4.95. The molecule has 0 fully saturated rings. The molecule has 0 atom stereocenters. The van der Waals surface area contributed by atoms with Crippen LogP contribution in [0, 0.1) is 0 Å². The summed E-state index contributed by atoms with van der Waals surface area (Å²) < 4.78 is 2.00. The van der Waals surface area contributed by atoms with E-state index >= 15 is 0 Å². The van der Waals surface area contributed by atoms with E-state index in [9.17, 15) is 0 Å². The third-order valence-electron chi connectivity index (χ3n) is 3.71.